The lowest BCUT2D eigenvalue weighted by Gasteiger charge is -2.17. The normalized spacial score (nSPS) is 12.2. The van der Waals surface area contributed by atoms with Crippen molar-refractivity contribution in [2.45, 2.75) is 181 Å². The molecule has 0 bridgehead atoms. The zero-order chi connectivity index (χ0) is 27.1. The van der Waals surface area contributed by atoms with E-state index in [-0.39, 0.29) is 5.92 Å². The first kappa shape index (κ1) is 33.7. The number of carbonyl (C=O) groups is 1. The predicted molar refractivity (Wildman–Crippen MR) is 163 cm³/mol. The monoisotopic (exact) mass is 514 g/mol. The molecular formula is C35H62O2. The van der Waals surface area contributed by atoms with Gasteiger partial charge in [-0.05, 0) is 48.8 Å². The van der Waals surface area contributed by atoms with Crippen LogP contribution in [0.1, 0.15) is 185 Å². The maximum absolute atomic E-state index is 13.0. The first-order chi connectivity index (χ1) is 18.0. The van der Waals surface area contributed by atoms with Crippen LogP contribution in [0, 0.1) is 0 Å². The fourth-order valence-electron chi connectivity index (χ4n) is 5.40. The number of Topliss-reactive ketones (excluding diaryl/α,β-unsaturated/α-hetero) is 1. The van der Waals surface area contributed by atoms with Gasteiger partial charge in [0.1, 0.15) is 11.5 Å². The molecule has 37 heavy (non-hydrogen) atoms. The number of unbranched alkanes of at least 4 members (excludes halogenated alkanes) is 17. The van der Waals surface area contributed by atoms with Crippen LogP contribution in [0.4, 0.5) is 0 Å². The van der Waals surface area contributed by atoms with E-state index in [2.05, 4.69) is 39.8 Å². The standard InChI is InChI=1S/C35H62O2/c1-5-8-11-12-13-14-15-16-17-18-19-20-21-22-23-24-27-34(36)30(4)33-28-31(25-9-6-2)35(37)32(29-33)26-10-7-3/h28-30,37H,5-27H2,1-4H3. The number of phenols is 1. The van der Waals surface area contributed by atoms with E-state index in [0.717, 1.165) is 61.6 Å². The van der Waals surface area contributed by atoms with Gasteiger partial charge in [-0.25, -0.2) is 0 Å². The highest BCUT2D eigenvalue weighted by atomic mass is 16.3. The van der Waals surface area contributed by atoms with Crippen molar-refractivity contribution in [1.29, 1.82) is 0 Å². The minimum atomic E-state index is -0.0716. The van der Waals surface area contributed by atoms with Crippen molar-refractivity contribution in [2.24, 2.45) is 0 Å². The Kier molecular flexibility index (Phi) is 20.6. The minimum absolute atomic E-state index is 0.0716. The van der Waals surface area contributed by atoms with Crippen LogP contribution in [0.3, 0.4) is 0 Å². The predicted octanol–water partition coefficient (Wildman–Crippen LogP) is 11.4. The molecule has 0 saturated heterocycles. The summed E-state index contributed by atoms with van der Waals surface area (Å²) in [5, 5.41) is 10.8. The van der Waals surface area contributed by atoms with Crippen molar-refractivity contribution in [3.8, 4) is 5.75 Å². The zero-order valence-corrected chi connectivity index (χ0v) is 25.4. The third kappa shape index (κ3) is 15.6. The number of phenolic OH excluding ortho intramolecular Hbond substituents is 1. The molecule has 0 saturated carbocycles. The van der Waals surface area contributed by atoms with Crippen molar-refractivity contribution in [3.63, 3.8) is 0 Å². The number of hydrogen-bond acceptors (Lipinski definition) is 2. The summed E-state index contributed by atoms with van der Waals surface area (Å²) in [4.78, 5) is 13.0. The Balaban J connectivity index is 2.22. The van der Waals surface area contributed by atoms with Crippen molar-refractivity contribution in [1.82, 2.24) is 0 Å². The van der Waals surface area contributed by atoms with Gasteiger partial charge in [0.25, 0.3) is 0 Å². The maximum atomic E-state index is 13.0. The Morgan fingerprint density at radius 3 is 1.32 bits per heavy atom. The van der Waals surface area contributed by atoms with Gasteiger partial charge in [0.15, 0.2) is 0 Å². The SMILES string of the molecule is CCCCCCCCCCCCCCCCCCC(=O)C(C)c1cc(CCCC)c(O)c(CCCC)c1. The van der Waals surface area contributed by atoms with Gasteiger partial charge in [-0.1, -0.05) is 149 Å². The number of carbonyl (C=O) groups excluding carboxylic acids is 1. The van der Waals surface area contributed by atoms with Crippen LogP contribution in [0.5, 0.6) is 5.75 Å². The molecule has 0 fully saturated rings. The summed E-state index contributed by atoms with van der Waals surface area (Å²) >= 11 is 0. The second-order valence-electron chi connectivity index (χ2n) is 11.6. The smallest absolute Gasteiger partial charge is 0.140 e. The van der Waals surface area contributed by atoms with Gasteiger partial charge in [0, 0.05) is 12.3 Å². The quantitative estimate of drug-likeness (QED) is 0.132. The van der Waals surface area contributed by atoms with Crippen LogP contribution in [0.2, 0.25) is 0 Å². The molecule has 0 amide bonds. The molecule has 2 heteroatoms. The van der Waals surface area contributed by atoms with Gasteiger partial charge in [0.05, 0.1) is 0 Å². The Bertz CT molecular complexity index is 663. The Morgan fingerprint density at radius 1 is 0.595 bits per heavy atom. The van der Waals surface area contributed by atoms with Crippen LogP contribution in [-0.2, 0) is 17.6 Å². The molecule has 2 nitrogen and oxygen atoms in total. The average molecular weight is 515 g/mol. The molecule has 0 aliphatic rings. The second kappa shape index (κ2) is 22.7. The number of aromatic hydroxyl groups is 1. The number of rotatable bonds is 25. The summed E-state index contributed by atoms with van der Waals surface area (Å²) in [6.45, 7) is 8.72. The number of hydrogen-bond donors (Lipinski definition) is 1. The van der Waals surface area contributed by atoms with Crippen LogP contribution in [0.25, 0.3) is 0 Å². The Labute approximate surface area is 231 Å². The van der Waals surface area contributed by atoms with Crippen molar-refractivity contribution in [2.75, 3.05) is 0 Å². The van der Waals surface area contributed by atoms with Crippen molar-refractivity contribution >= 4 is 5.78 Å². The van der Waals surface area contributed by atoms with E-state index in [1.54, 1.807) is 0 Å². The summed E-state index contributed by atoms with van der Waals surface area (Å²) in [5.74, 6) is 0.764. The maximum Gasteiger partial charge on any atom is 0.140 e. The van der Waals surface area contributed by atoms with E-state index in [1.165, 1.54) is 96.3 Å². The summed E-state index contributed by atoms with van der Waals surface area (Å²) in [6.07, 6.45) is 28.6. The molecule has 1 unspecified atom stereocenters. The van der Waals surface area contributed by atoms with E-state index in [9.17, 15) is 9.90 Å². The highest BCUT2D eigenvalue weighted by Crippen LogP contribution is 2.31. The van der Waals surface area contributed by atoms with E-state index in [4.69, 9.17) is 0 Å². The summed E-state index contributed by atoms with van der Waals surface area (Å²) < 4.78 is 0. The van der Waals surface area contributed by atoms with Crippen LogP contribution in [-0.4, -0.2) is 10.9 Å². The van der Waals surface area contributed by atoms with Gasteiger partial charge in [-0.15, -0.1) is 0 Å². The first-order valence-corrected chi connectivity index (χ1v) is 16.4. The number of benzene rings is 1. The van der Waals surface area contributed by atoms with Gasteiger partial charge in [0.2, 0.25) is 0 Å². The molecule has 214 valence electrons. The lowest BCUT2D eigenvalue weighted by Crippen LogP contribution is -2.10. The van der Waals surface area contributed by atoms with Crippen molar-refractivity contribution < 1.29 is 9.90 Å². The molecule has 0 heterocycles. The number of ketones is 1. The van der Waals surface area contributed by atoms with E-state index in [1.807, 2.05) is 0 Å². The topological polar surface area (TPSA) is 37.3 Å². The fourth-order valence-corrected chi connectivity index (χ4v) is 5.40. The summed E-state index contributed by atoms with van der Waals surface area (Å²) in [6, 6.07) is 4.22. The van der Waals surface area contributed by atoms with Crippen LogP contribution < -0.4 is 0 Å². The van der Waals surface area contributed by atoms with Gasteiger partial charge in [-0.3, -0.25) is 4.79 Å². The number of aryl methyl sites for hydroxylation is 2. The van der Waals surface area contributed by atoms with Gasteiger partial charge >= 0.3 is 0 Å². The molecule has 0 aromatic heterocycles. The minimum Gasteiger partial charge on any atom is -0.507 e. The third-order valence-corrected chi connectivity index (χ3v) is 8.15. The molecule has 1 aromatic carbocycles. The lowest BCUT2D eigenvalue weighted by atomic mass is 9.88. The highest BCUT2D eigenvalue weighted by Gasteiger charge is 2.18. The average Bonchev–Trinajstić information content (AvgIpc) is 2.91. The van der Waals surface area contributed by atoms with E-state index in [0.29, 0.717) is 18.0 Å². The summed E-state index contributed by atoms with van der Waals surface area (Å²) in [7, 11) is 0. The molecular weight excluding hydrogens is 452 g/mol. The molecule has 0 aliphatic heterocycles. The van der Waals surface area contributed by atoms with Gasteiger partial charge < -0.3 is 5.11 Å². The molecule has 0 radical (unpaired) electrons. The van der Waals surface area contributed by atoms with Gasteiger partial charge in [-0.2, -0.15) is 0 Å². The van der Waals surface area contributed by atoms with E-state index < -0.39 is 0 Å². The molecule has 1 aromatic rings. The largest absolute Gasteiger partial charge is 0.507 e. The molecule has 0 aliphatic carbocycles. The third-order valence-electron chi connectivity index (χ3n) is 8.15. The summed E-state index contributed by atoms with van der Waals surface area (Å²) in [5.41, 5.74) is 3.18. The molecule has 1 atom stereocenters. The van der Waals surface area contributed by atoms with Crippen LogP contribution in [0.15, 0.2) is 12.1 Å². The van der Waals surface area contributed by atoms with Crippen LogP contribution >= 0.6 is 0 Å². The Hall–Kier alpha value is -1.31. The second-order valence-corrected chi connectivity index (χ2v) is 11.6. The molecule has 1 N–H and O–H groups in total. The lowest BCUT2D eigenvalue weighted by molar-refractivity contribution is -0.120. The highest BCUT2D eigenvalue weighted by molar-refractivity contribution is 5.85. The first-order valence-electron chi connectivity index (χ1n) is 16.4. The van der Waals surface area contributed by atoms with Crippen molar-refractivity contribution in [3.05, 3.63) is 28.8 Å². The molecule has 1 rings (SSSR count). The zero-order valence-electron chi connectivity index (χ0n) is 25.4. The fraction of sp³-hybridized carbons (Fsp3) is 0.800. The Morgan fingerprint density at radius 2 is 0.946 bits per heavy atom. The molecule has 0 spiro atoms. The van der Waals surface area contributed by atoms with E-state index >= 15 is 0 Å².